The summed E-state index contributed by atoms with van der Waals surface area (Å²) in [5.74, 6) is 0.989. The molecule has 0 saturated carbocycles. The first-order valence-electron chi connectivity index (χ1n) is 7.41. The number of amides is 1. The number of hydrogen-bond acceptors (Lipinski definition) is 4. The number of ether oxygens (including phenoxy) is 2. The Morgan fingerprint density at radius 2 is 1.92 bits per heavy atom. The molecule has 2 N–H and O–H groups in total. The highest BCUT2D eigenvalue weighted by Crippen LogP contribution is 2.17. The fourth-order valence-corrected chi connectivity index (χ4v) is 2.23. The van der Waals surface area contributed by atoms with E-state index in [1.807, 2.05) is 30.5 Å². The predicted molar refractivity (Wildman–Crippen MR) is 92.5 cm³/mol. The van der Waals surface area contributed by atoms with Gasteiger partial charge in [0.2, 0.25) is 0 Å². The average molecular weight is 323 g/mol. The topological polar surface area (TPSA) is 75.7 Å². The first kappa shape index (κ1) is 15.6. The first-order valence-corrected chi connectivity index (χ1v) is 7.41. The van der Waals surface area contributed by atoms with Crippen molar-refractivity contribution in [2.75, 3.05) is 13.7 Å². The van der Waals surface area contributed by atoms with Gasteiger partial charge >= 0.3 is 0 Å². The summed E-state index contributed by atoms with van der Waals surface area (Å²) < 4.78 is 10.4. The second-order valence-electron chi connectivity index (χ2n) is 5.05. The number of carbonyl (C=O) groups is 1. The maximum Gasteiger partial charge on any atom is 0.277 e. The van der Waals surface area contributed by atoms with Gasteiger partial charge in [-0.2, -0.15) is 5.10 Å². The summed E-state index contributed by atoms with van der Waals surface area (Å²) in [4.78, 5) is 14.9. The Hall–Kier alpha value is -3.28. The van der Waals surface area contributed by atoms with Gasteiger partial charge in [0.1, 0.15) is 11.5 Å². The zero-order chi connectivity index (χ0) is 16.8. The van der Waals surface area contributed by atoms with Crippen LogP contribution in [0, 0.1) is 0 Å². The molecule has 0 unspecified atom stereocenters. The largest absolute Gasteiger partial charge is 0.497 e. The number of nitrogens with zero attached hydrogens (tertiary/aromatic N) is 1. The lowest BCUT2D eigenvalue weighted by atomic mass is 10.2. The fourth-order valence-electron chi connectivity index (χ4n) is 2.23. The van der Waals surface area contributed by atoms with E-state index in [1.165, 1.54) is 0 Å². The minimum Gasteiger partial charge on any atom is -0.497 e. The van der Waals surface area contributed by atoms with Crippen molar-refractivity contribution in [2.45, 2.75) is 0 Å². The monoisotopic (exact) mass is 323 g/mol. The standard InChI is InChI=1S/C18H17N3O3/c1-23-14-6-8-15(9-7-14)24-12-18(22)21-20-11-13-10-19-17-5-3-2-4-16(13)17/h2-11,19H,12H2,1H3,(H,21,22)/b20-11-. The van der Waals surface area contributed by atoms with E-state index in [2.05, 4.69) is 15.5 Å². The molecular formula is C18H17N3O3. The SMILES string of the molecule is COc1ccc(OCC(=O)N/N=C\c2c[nH]c3ccccc23)cc1. The van der Waals surface area contributed by atoms with Crippen LogP contribution in [0.3, 0.4) is 0 Å². The molecule has 0 saturated heterocycles. The molecule has 3 aromatic rings. The van der Waals surface area contributed by atoms with E-state index in [9.17, 15) is 4.79 Å². The zero-order valence-electron chi connectivity index (χ0n) is 13.2. The van der Waals surface area contributed by atoms with Crippen LogP contribution in [0.1, 0.15) is 5.56 Å². The molecule has 2 aromatic carbocycles. The molecule has 24 heavy (non-hydrogen) atoms. The Kier molecular flexibility index (Phi) is 4.76. The van der Waals surface area contributed by atoms with Crippen molar-refractivity contribution in [1.29, 1.82) is 0 Å². The maximum atomic E-state index is 11.7. The molecule has 0 bridgehead atoms. The molecule has 6 heteroatoms. The fraction of sp³-hybridized carbons (Fsp3) is 0.111. The molecule has 0 aliphatic rings. The molecule has 1 aromatic heterocycles. The average Bonchev–Trinajstić information content (AvgIpc) is 3.04. The summed E-state index contributed by atoms with van der Waals surface area (Å²) in [6, 6.07) is 14.9. The number of aromatic nitrogens is 1. The lowest BCUT2D eigenvalue weighted by Crippen LogP contribution is -2.24. The second-order valence-corrected chi connectivity index (χ2v) is 5.05. The minimum absolute atomic E-state index is 0.114. The van der Waals surface area contributed by atoms with Crippen LogP contribution in [0.4, 0.5) is 0 Å². The zero-order valence-corrected chi connectivity index (χ0v) is 13.2. The first-order chi connectivity index (χ1) is 11.8. The lowest BCUT2D eigenvalue weighted by Gasteiger charge is -2.05. The number of H-pyrrole nitrogens is 1. The van der Waals surface area contributed by atoms with Gasteiger partial charge in [-0.3, -0.25) is 4.79 Å². The van der Waals surface area contributed by atoms with Crippen molar-refractivity contribution in [1.82, 2.24) is 10.4 Å². The number of rotatable bonds is 6. The maximum absolute atomic E-state index is 11.7. The van der Waals surface area contributed by atoms with Crippen molar-refractivity contribution in [3.8, 4) is 11.5 Å². The summed E-state index contributed by atoms with van der Waals surface area (Å²) in [7, 11) is 1.59. The molecule has 122 valence electrons. The van der Waals surface area contributed by atoms with Crippen LogP contribution in [0.2, 0.25) is 0 Å². The van der Waals surface area contributed by atoms with Gasteiger partial charge in [-0.05, 0) is 30.3 Å². The van der Waals surface area contributed by atoms with Crippen molar-refractivity contribution in [3.05, 3.63) is 60.3 Å². The Labute approximate surface area is 139 Å². The van der Waals surface area contributed by atoms with Crippen LogP contribution in [-0.4, -0.2) is 30.8 Å². The third kappa shape index (κ3) is 3.73. The Bertz CT molecular complexity index is 853. The van der Waals surface area contributed by atoms with Gasteiger partial charge in [0.15, 0.2) is 6.61 Å². The number of fused-ring (bicyclic) bond motifs is 1. The van der Waals surface area contributed by atoms with Gasteiger partial charge in [0, 0.05) is 22.7 Å². The number of hydrazone groups is 1. The van der Waals surface area contributed by atoms with Crippen LogP contribution >= 0.6 is 0 Å². The highest BCUT2D eigenvalue weighted by Gasteiger charge is 2.03. The molecule has 0 spiro atoms. The van der Waals surface area contributed by atoms with Crippen LogP contribution in [0.25, 0.3) is 10.9 Å². The smallest absolute Gasteiger partial charge is 0.277 e. The van der Waals surface area contributed by atoms with E-state index in [0.29, 0.717) is 5.75 Å². The highest BCUT2D eigenvalue weighted by molar-refractivity contribution is 5.99. The van der Waals surface area contributed by atoms with Crippen LogP contribution in [0.5, 0.6) is 11.5 Å². The summed E-state index contributed by atoms with van der Waals surface area (Å²) in [5, 5.41) is 5.01. The Morgan fingerprint density at radius 1 is 1.17 bits per heavy atom. The molecule has 6 nitrogen and oxygen atoms in total. The number of carbonyl (C=O) groups excluding carboxylic acids is 1. The van der Waals surface area contributed by atoms with Crippen LogP contribution in [0.15, 0.2) is 59.8 Å². The molecule has 0 aliphatic carbocycles. The van der Waals surface area contributed by atoms with E-state index < -0.39 is 0 Å². The van der Waals surface area contributed by atoms with Gasteiger partial charge in [0.05, 0.1) is 13.3 Å². The Morgan fingerprint density at radius 3 is 2.71 bits per heavy atom. The number of methoxy groups -OCH3 is 1. The van der Waals surface area contributed by atoms with E-state index in [4.69, 9.17) is 9.47 Å². The number of benzene rings is 2. The third-order valence-corrected chi connectivity index (χ3v) is 3.44. The van der Waals surface area contributed by atoms with E-state index in [1.54, 1.807) is 37.6 Å². The van der Waals surface area contributed by atoms with Gasteiger partial charge in [-0.25, -0.2) is 5.43 Å². The molecular weight excluding hydrogens is 306 g/mol. The normalized spacial score (nSPS) is 10.9. The summed E-state index contributed by atoms with van der Waals surface area (Å²) in [5.41, 5.74) is 4.37. The molecule has 0 fully saturated rings. The molecule has 1 amide bonds. The Balaban J connectivity index is 1.51. The van der Waals surface area contributed by atoms with Gasteiger partial charge in [-0.1, -0.05) is 18.2 Å². The van der Waals surface area contributed by atoms with E-state index in [0.717, 1.165) is 22.2 Å². The van der Waals surface area contributed by atoms with Gasteiger partial charge in [0.25, 0.3) is 5.91 Å². The second kappa shape index (κ2) is 7.32. The van der Waals surface area contributed by atoms with Gasteiger partial charge in [-0.15, -0.1) is 0 Å². The van der Waals surface area contributed by atoms with Crippen LogP contribution in [-0.2, 0) is 4.79 Å². The number of aromatic amines is 1. The molecule has 0 radical (unpaired) electrons. The number of hydrogen-bond donors (Lipinski definition) is 2. The molecule has 3 rings (SSSR count). The quantitative estimate of drug-likeness (QED) is 0.541. The van der Waals surface area contributed by atoms with Crippen molar-refractivity contribution in [3.63, 3.8) is 0 Å². The predicted octanol–water partition coefficient (Wildman–Crippen LogP) is 2.71. The highest BCUT2D eigenvalue weighted by atomic mass is 16.5. The van der Waals surface area contributed by atoms with Crippen LogP contribution < -0.4 is 14.9 Å². The van der Waals surface area contributed by atoms with E-state index in [-0.39, 0.29) is 12.5 Å². The molecule has 1 heterocycles. The summed E-state index contributed by atoms with van der Waals surface area (Å²) in [6.07, 6.45) is 3.44. The summed E-state index contributed by atoms with van der Waals surface area (Å²) >= 11 is 0. The van der Waals surface area contributed by atoms with Crippen molar-refractivity contribution < 1.29 is 14.3 Å². The molecule has 0 aliphatic heterocycles. The van der Waals surface area contributed by atoms with Gasteiger partial charge < -0.3 is 14.5 Å². The van der Waals surface area contributed by atoms with E-state index >= 15 is 0 Å². The lowest BCUT2D eigenvalue weighted by molar-refractivity contribution is -0.123. The molecule has 0 atom stereocenters. The van der Waals surface area contributed by atoms with Crippen molar-refractivity contribution in [2.24, 2.45) is 5.10 Å². The third-order valence-electron chi connectivity index (χ3n) is 3.44. The van der Waals surface area contributed by atoms with Crippen molar-refractivity contribution >= 4 is 23.0 Å². The minimum atomic E-state index is -0.332. The number of nitrogens with one attached hydrogen (secondary N) is 2. The summed E-state index contributed by atoms with van der Waals surface area (Å²) in [6.45, 7) is -0.114. The number of para-hydroxylation sites is 1.